The Hall–Kier alpha value is -4.20. The highest BCUT2D eigenvalue weighted by Gasteiger charge is 2.30. The number of aromatic nitrogens is 3. The van der Waals surface area contributed by atoms with Gasteiger partial charge in [-0.15, -0.1) is 0 Å². The van der Waals surface area contributed by atoms with Gasteiger partial charge >= 0.3 is 5.97 Å². The molecular formula is C29H31N5O3. The number of carbonyl (C=O) groups is 2. The Kier molecular flexibility index (Phi) is 7.16. The Morgan fingerprint density at radius 2 is 1.70 bits per heavy atom. The second-order valence-electron chi connectivity index (χ2n) is 9.26. The van der Waals surface area contributed by atoms with Crippen molar-refractivity contribution in [1.82, 2.24) is 19.9 Å². The summed E-state index contributed by atoms with van der Waals surface area (Å²) < 4.78 is 5.06. The first kappa shape index (κ1) is 24.5. The van der Waals surface area contributed by atoms with E-state index < -0.39 is 5.97 Å². The molecular weight excluding hydrogens is 466 g/mol. The van der Waals surface area contributed by atoms with E-state index in [-0.39, 0.29) is 11.9 Å². The summed E-state index contributed by atoms with van der Waals surface area (Å²) in [4.78, 5) is 41.8. The third-order valence-electron chi connectivity index (χ3n) is 6.94. The summed E-state index contributed by atoms with van der Waals surface area (Å²) in [6.45, 7) is 5.42. The number of hydrogen-bond donors (Lipinski definition) is 1. The van der Waals surface area contributed by atoms with Crippen LogP contribution < -0.4 is 4.90 Å². The molecule has 1 saturated heterocycles. The Morgan fingerprint density at radius 3 is 2.41 bits per heavy atom. The quantitative estimate of drug-likeness (QED) is 0.368. The third kappa shape index (κ3) is 5.18. The minimum absolute atomic E-state index is 0.120. The molecule has 1 aliphatic rings. The van der Waals surface area contributed by atoms with Gasteiger partial charge in [0.05, 0.1) is 18.6 Å². The summed E-state index contributed by atoms with van der Waals surface area (Å²) in [5.41, 5.74) is 4.48. The lowest BCUT2D eigenvalue weighted by Gasteiger charge is -2.38. The molecule has 1 fully saturated rings. The first-order valence-electron chi connectivity index (χ1n) is 12.7. The standard InChI is InChI=1S/C29H31N5O3/c1-3-37-28(36)21-18-30-29(31-19-21)34(22-9-5-4-6-10-22)23-13-15-33(16-14-23)27(35)17-25-20(2)32-26-12-8-7-11-24(25)26/h4-12,18-19,23,32H,3,13-17H2,1-2H3. The number of ether oxygens (including phenoxy) is 1. The molecule has 37 heavy (non-hydrogen) atoms. The van der Waals surface area contributed by atoms with Crippen LogP contribution in [0.2, 0.25) is 0 Å². The summed E-state index contributed by atoms with van der Waals surface area (Å²) >= 11 is 0. The fourth-order valence-corrected chi connectivity index (χ4v) is 5.04. The molecule has 2 aromatic heterocycles. The van der Waals surface area contributed by atoms with Crippen LogP contribution in [-0.2, 0) is 16.0 Å². The average Bonchev–Trinajstić information content (AvgIpc) is 3.25. The van der Waals surface area contributed by atoms with E-state index in [2.05, 4.69) is 25.9 Å². The summed E-state index contributed by atoms with van der Waals surface area (Å²) in [5.74, 6) is 0.239. The van der Waals surface area contributed by atoms with Gasteiger partial charge in [0.25, 0.3) is 0 Å². The molecule has 8 nitrogen and oxygen atoms in total. The van der Waals surface area contributed by atoms with Crippen molar-refractivity contribution >= 4 is 34.4 Å². The Balaban J connectivity index is 1.30. The zero-order chi connectivity index (χ0) is 25.8. The van der Waals surface area contributed by atoms with E-state index in [1.54, 1.807) is 6.92 Å². The minimum atomic E-state index is -0.433. The zero-order valence-electron chi connectivity index (χ0n) is 21.2. The first-order valence-corrected chi connectivity index (χ1v) is 12.7. The van der Waals surface area contributed by atoms with Gasteiger partial charge in [-0.05, 0) is 50.5 Å². The lowest BCUT2D eigenvalue weighted by atomic mass is 10.0. The average molecular weight is 498 g/mol. The van der Waals surface area contributed by atoms with Gasteiger partial charge in [-0.3, -0.25) is 4.79 Å². The molecule has 1 N–H and O–H groups in total. The van der Waals surface area contributed by atoms with Crippen molar-refractivity contribution in [1.29, 1.82) is 0 Å². The number of likely N-dealkylation sites (tertiary alicyclic amines) is 1. The minimum Gasteiger partial charge on any atom is -0.462 e. The number of rotatable bonds is 7. The van der Waals surface area contributed by atoms with E-state index in [1.807, 2.05) is 60.4 Å². The summed E-state index contributed by atoms with van der Waals surface area (Å²) in [6, 6.07) is 18.2. The SMILES string of the molecule is CCOC(=O)c1cnc(N(c2ccccc2)C2CCN(C(=O)Cc3c(C)[nH]c4ccccc34)CC2)nc1. The number of nitrogens with zero attached hydrogens (tertiary/aromatic N) is 4. The molecule has 0 bridgehead atoms. The van der Waals surface area contributed by atoms with Gasteiger partial charge in [-0.1, -0.05) is 36.4 Å². The van der Waals surface area contributed by atoms with Crippen molar-refractivity contribution < 1.29 is 14.3 Å². The van der Waals surface area contributed by atoms with Crippen molar-refractivity contribution in [2.75, 3.05) is 24.6 Å². The smallest absolute Gasteiger partial charge is 0.341 e. The van der Waals surface area contributed by atoms with Gasteiger partial charge in [0.1, 0.15) is 0 Å². The van der Waals surface area contributed by atoms with Crippen LogP contribution in [0.4, 0.5) is 11.6 Å². The molecule has 2 aromatic carbocycles. The second-order valence-corrected chi connectivity index (χ2v) is 9.26. The fourth-order valence-electron chi connectivity index (χ4n) is 5.04. The Morgan fingerprint density at radius 1 is 1.03 bits per heavy atom. The number of fused-ring (bicyclic) bond motifs is 1. The molecule has 3 heterocycles. The highest BCUT2D eigenvalue weighted by atomic mass is 16.5. The van der Waals surface area contributed by atoms with Crippen molar-refractivity contribution in [3.8, 4) is 0 Å². The van der Waals surface area contributed by atoms with E-state index in [0.717, 1.165) is 40.7 Å². The van der Waals surface area contributed by atoms with Crippen LogP contribution in [0.1, 0.15) is 41.4 Å². The molecule has 8 heteroatoms. The molecule has 1 aliphatic heterocycles. The predicted molar refractivity (Wildman–Crippen MR) is 143 cm³/mol. The molecule has 0 aliphatic carbocycles. The number of esters is 1. The Labute approximate surface area is 216 Å². The normalized spacial score (nSPS) is 14.1. The van der Waals surface area contributed by atoms with E-state index in [4.69, 9.17) is 4.74 Å². The van der Waals surface area contributed by atoms with E-state index in [9.17, 15) is 9.59 Å². The lowest BCUT2D eigenvalue weighted by molar-refractivity contribution is -0.131. The maximum Gasteiger partial charge on any atom is 0.341 e. The molecule has 5 rings (SSSR count). The van der Waals surface area contributed by atoms with Crippen molar-refractivity contribution in [3.63, 3.8) is 0 Å². The molecule has 1 amide bonds. The molecule has 0 spiro atoms. The van der Waals surface area contributed by atoms with E-state index >= 15 is 0 Å². The number of H-pyrrole nitrogens is 1. The topological polar surface area (TPSA) is 91.4 Å². The second kappa shape index (κ2) is 10.8. The van der Waals surface area contributed by atoms with Crippen LogP contribution in [0.5, 0.6) is 0 Å². The number of amides is 1. The number of para-hydroxylation sites is 2. The maximum absolute atomic E-state index is 13.3. The monoisotopic (exact) mass is 497 g/mol. The molecule has 4 aromatic rings. The number of carbonyl (C=O) groups excluding carboxylic acids is 2. The number of benzene rings is 2. The summed E-state index contributed by atoms with van der Waals surface area (Å²) in [5, 5.41) is 1.11. The molecule has 190 valence electrons. The maximum atomic E-state index is 13.3. The van der Waals surface area contributed by atoms with Gasteiger partial charge in [0.15, 0.2) is 0 Å². The van der Waals surface area contributed by atoms with Crippen LogP contribution in [0, 0.1) is 6.92 Å². The highest BCUT2D eigenvalue weighted by molar-refractivity contribution is 5.90. The van der Waals surface area contributed by atoms with Gasteiger partial charge in [-0.2, -0.15) is 0 Å². The number of aryl methyl sites for hydroxylation is 1. The van der Waals surface area contributed by atoms with Crippen LogP contribution in [0.3, 0.4) is 0 Å². The number of anilines is 2. The van der Waals surface area contributed by atoms with Crippen molar-refractivity contribution in [2.45, 2.75) is 39.2 Å². The van der Waals surface area contributed by atoms with Gasteiger partial charge in [0, 0.05) is 53.8 Å². The van der Waals surface area contributed by atoms with Crippen LogP contribution >= 0.6 is 0 Å². The van der Waals surface area contributed by atoms with Gasteiger partial charge in [0.2, 0.25) is 11.9 Å². The van der Waals surface area contributed by atoms with E-state index in [0.29, 0.717) is 37.6 Å². The molecule has 0 unspecified atom stereocenters. The predicted octanol–water partition coefficient (Wildman–Crippen LogP) is 4.81. The molecule has 0 saturated carbocycles. The van der Waals surface area contributed by atoms with Crippen LogP contribution in [-0.4, -0.2) is 57.5 Å². The fraction of sp³-hybridized carbons (Fsp3) is 0.310. The summed E-state index contributed by atoms with van der Waals surface area (Å²) in [7, 11) is 0. The van der Waals surface area contributed by atoms with Crippen LogP contribution in [0.15, 0.2) is 67.0 Å². The highest BCUT2D eigenvalue weighted by Crippen LogP contribution is 2.30. The van der Waals surface area contributed by atoms with Gasteiger partial charge in [-0.25, -0.2) is 14.8 Å². The molecule has 0 atom stereocenters. The van der Waals surface area contributed by atoms with Crippen molar-refractivity contribution in [3.05, 3.63) is 83.8 Å². The number of nitrogens with one attached hydrogen (secondary N) is 1. The zero-order valence-corrected chi connectivity index (χ0v) is 21.2. The Bertz CT molecular complexity index is 1380. The van der Waals surface area contributed by atoms with Crippen molar-refractivity contribution in [2.24, 2.45) is 0 Å². The van der Waals surface area contributed by atoms with Gasteiger partial charge < -0.3 is 19.5 Å². The number of aromatic amines is 1. The third-order valence-corrected chi connectivity index (χ3v) is 6.94. The molecule has 0 radical (unpaired) electrons. The number of hydrogen-bond acceptors (Lipinski definition) is 6. The van der Waals surface area contributed by atoms with Crippen LogP contribution in [0.25, 0.3) is 10.9 Å². The lowest BCUT2D eigenvalue weighted by Crippen LogP contribution is -2.46. The largest absolute Gasteiger partial charge is 0.462 e. The van der Waals surface area contributed by atoms with E-state index in [1.165, 1.54) is 12.4 Å². The number of piperidine rings is 1. The first-order chi connectivity index (χ1) is 18.0. The summed E-state index contributed by atoms with van der Waals surface area (Å²) in [6.07, 6.45) is 4.99.